The molecule has 0 bridgehead atoms. The highest BCUT2D eigenvalue weighted by molar-refractivity contribution is 7.99. The summed E-state index contributed by atoms with van der Waals surface area (Å²) in [7, 11) is 0. The molecule has 3 atom stereocenters. The van der Waals surface area contributed by atoms with Crippen LogP contribution in [-0.4, -0.2) is 33.5 Å². The van der Waals surface area contributed by atoms with Crippen LogP contribution in [0.3, 0.4) is 0 Å². The third kappa shape index (κ3) is 2.37. The van der Waals surface area contributed by atoms with Crippen molar-refractivity contribution in [3.8, 4) is 0 Å². The Morgan fingerprint density at radius 3 is 2.64 bits per heavy atom. The van der Waals surface area contributed by atoms with Gasteiger partial charge in [0.25, 0.3) is 0 Å². The highest BCUT2D eigenvalue weighted by Gasteiger charge is 2.42. The SMILES string of the molecule is CSC1CCC([N+](=O)[O-])C(C(=O)O)C1. The normalized spacial score (nSPS) is 32.5. The van der Waals surface area contributed by atoms with Crippen LogP contribution in [0.1, 0.15) is 19.3 Å². The Morgan fingerprint density at radius 2 is 2.21 bits per heavy atom. The summed E-state index contributed by atoms with van der Waals surface area (Å²) in [6, 6.07) is -0.893. The van der Waals surface area contributed by atoms with Crippen molar-refractivity contribution < 1.29 is 14.8 Å². The zero-order chi connectivity index (χ0) is 10.7. The minimum atomic E-state index is -1.04. The van der Waals surface area contributed by atoms with Gasteiger partial charge in [-0.25, -0.2) is 0 Å². The van der Waals surface area contributed by atoms with Gasteiger partial charge in [-0.2, -0.15) is 11.8 Å². The minimum absolute atomic E-state index is 0.257. The molecule has 0 saturated heterocycles. The summed E-state index contributed by atoms with van der Waals surface area (Å²) in [6.45, 7) is 0. The molecule has 0 aromatic heterocycles. The van der Waals surface area contributed by atoms with E-state index < -0.39 is 22.9 Å². The Bertz CT molecular complexity index is 245. The van der Waals surface area contributed by atoms with Crippen LogP contribution in [0.15, 0.2) is 0 Å². The molecule has 1 aliphatic rings. The van der Waals surface area contributed by atoms with Crippen molar-refractivity contribution in [1.82, 2.24) is 0 Å². The van der Waals surface area contributed by atoms with Gasteiger partial charge in [0.05, 0.1) is 0 Å². The maximum absolute atomic E-state index is 10.8. The molecule has 80 valence electrons. The second-order valence-electron chi connectivity index (χ2n) is 3.47. The van der Waals surface area contributed by atoms with Crippen LogP contribution < -0.4 is 0 Å². The van der Waals surface area contributed by atoms with Crippen LogP contribution in [0.4, 0.5) is 0 Å². The van der Waals surface area contributed by atoms with Crippen LogP contribution >= 0.6 is 11.8 Å². The number of hydrogen-bond acceptors (Lipinski definition) is 4. The molecular weight excluding hydrogens is 206 g/mol. The zero-order valence-electron chi connectivity index (χ0n) is 7.88. The Labute approximate surface area is 86.0 Å². The number of carboxylic acid groups (broad SMARTS) is 1. The predicted molar refractivity (Wildman–Crippen MR) is 53.1 cm³/mol. The number of carbonyl (C=O) groups is 1. The van der Waals surface area contributed by atoms with Crippen LogP contribution in [0.2, 0.25) is 0 Å². The Kier molecular flexibility index (Phi) is 3.74. The van der Waals surface area contributed by atoms with E-state index in [0.717, 1.165) is 6.42 Å². The van der Waals surface area contributed by atoms with Gasteiger partial charge in [-0.15, -0.1) is 0 Å². The van der Waals surface area contributed by atoms with Crippen molar-refractivity contribution in [3.05, 3.63) is 10.1 Å². The number of nitro groups is 1. The second kappa shape index (κ2) is 4.63. The van der Waals surface area contributed by atoms with Gasteiger partial charge in [-0.3, -0.25) is 14.9 Å². The average molecular weight is 219 g/mol. The monoisotopic (exact) mass is 219 g/mol. The average Bonchev–Trinajstić information content (AvgIpc) is 2.16. The molecule has 0 aromatic rings. The molecule has 0 radical (unpaired) electrons. The van der Waals surface area contributed by atoms with E-state index in [1.165, 1.54) is 0 Å². The van der Waals surface area contributed by atoms with E-state index in [4.69, 9.17) is 5.11 Å². The molecule has 0 aromatic carbocycles. The number of aliphatic carboxylic acids is 1. The summed E-state index contributed by atoms with van der Waals surface area (Å²) in [5.41, 5.74) is 0. The molecule has 1 fully saturated rings. The highest BCUT2D eigenvalue weighted by atomic mass is 32.2. The summed E-state index contributed by atoms with van der Waals surface area (Å²) >= 11 is 1.59. The van der Waals surface area contributed by atoms with E-state index in [-0.39, 0.29) is 5.25 Å². The zero-order valence-corrected chi connectivity index (χ0v) is 8.70. The van der Waals surface area contributed by atoms with Gasteiger partial charge in [-0.1, -0.05) is 0 Å². The van der Waals surface area contributed by atoms with Crippen molar-refractivity contribution >= 4 is 17.7 Å². The van der Waals surface area contributed by atoms with Gasteiger partial charge in [0.15, 0.2) is 0 Å². The van der Waals surface area contributed by atoms with Crippen molar-refractivity contribution in [3.63, 3.8) is 0 Å². The summed E-state index contributed by atoms with van der Waals surface area (Å²) in [5.74, 6) is -1.85. The number of thioether (sulfide) groups is 1. The predicted octanol–water partition coefficient (Wildman–Crippen LogP) is 1.25. The topological polar surface area (TPSA) is 80.4 Å². The summed E-state index contributed by atoms with van der Waals surface area (Å²) in [4.78, 5) is 21.0. The van der Waals surface area contributed by atoms with Crippen molar-refractivity contribution in [2.45, 2.75) is 30.6 Å². The first-order valence-corrected chi connectivity index (χ1v) is 5.74. The first-order valence-electron chi connectivity index (χ1n) is 4.45. The molecule has 0 heterocycles. The molecule has 1 N–H and O–H groups in total. The van der Waals surface area contributed by atoms with Gasteiger partial charge >= 0.3 is 5.97 Å². The van der Waals surface area contributed by atoms with E-state index in [1.54, 1.807) is 11.8 Å². The van der Waals surface area contributed by atoms with Gasteiger partial charge in [-0.05, 0) is 19.1 Å². The smallest absolute Gasteiger partial charge is 0.313 e. The third-order valence-corrected chi connectivity index (χ3v) is 3.78. The van der Waals surface area contributed by atoms with Crippen LogP contribution in [0.5, 0.6) is 0 Å². The second-order valence-corrected chi connectivity index (χ2v) is 4.61. The van der Waals surface area contributed by atoms with Crippen LogP contribution in [0, 0.1) is 16.0 Å². The van der Waals surface area contributed by atoms with Gasteiger partial charge in [0.2, 0.25) is 6.04 Å². The van der Waals surface area contributed by atoms with E-state index >= 15 is 0 Å². The van der Waals surface area contributed by atoms with Gasteiger partial charge < -0.3 is 5.11 Å². The van der Waals surface area contributed by atoms with Crippen LogP contribution in [0.25, 0.3) is 0 Å². The lowest BCUT2D eigenvalue weighted by molar-refractivity contribution is -0.532. The first-order chi connectivity index (χ1) is 6.56. The molecular formula is C8H13NO4S. The Balaban J connectivity index is 2.70. The molecule has 14 heavy (non-hydrogen) atoms. The molecule has 6 heteroatoms. The molecule has 0 spiro atoms. The number of carboxylic acids is 1. The van der Waals surface area contributed by atoms with Gasteiger partial charge in [0.1, 0.15) is 5.92 Å². The largest absolute Gasteiger partial charge is 0.481 e. The minimum Gasteiger partial charge on any atom is -0.481 e. The van der Waals surface area contributed by atoms with Crippen molar-refractivity contribution in [2.75, 3.05) is 6.26 Å². The number of rotatable bonds is 3. The number of nitrogens with zero attached hydrogens (tertiary/aromatic N) is 1. The fraction of sp³-hybridized carbons (Fsp3) is 0.875. The molecule has 1 saturated carbocycles. The summed E-state index contributed by atoms with van der Waals surface area (Å²) in [5, 5.41) is 19.7. The maximum atomic E-state index is 10.8. The van der Waals surface area contributed by atoms with E-state index in [0.29, 0.717) is 12.8 Å². The maximum Gasteiger partial charge on any atom is 0.313 e. The Hall–Kier alpha value is -0.780. The molecule has 1 rings (SSSR count). The lowest BCUT2D eigenvalue weighted by atomic mass is 9.84. The fourth-order valence-corrected chi connectivity index (χ4v) is 2.62. The third-order valence-electron chi connectivity index (χ3n) is 2.69. The quantitative estimate of drug-likeness (QED) is 0.570. The standard InChI is InChI=1S/C8H13NO4S/c1-14-5-2-3-7(9(12)13)6(4-5)8(10)11/h5-7H,2-4H2,1H3,(H,10,11). The molecule has 5 nitrogen and oxygen atoms in total. The Morgan fingerprint density at radius 1 is 1.57 bits per heavy atom. The summed E-state index contributed by atoms with van der Waals surface area (Å²) < 4.78 is 0. The van der Waals surface area contributed by atoms with Crippen molar-refractivity contribution in [1.29, 1.82) is 0 Å². The summed E-state index contributed by atoms with van der Waals surface area (Å²) in [6.07, 6.45) is 3.46. The lowest BCUT2D eigenvalue weighted by Crippen LogP contribution is -2.40. The fourth-order valence-electron chi connectivity index (χ4n) is 1.85. The van der Waals surface area contributed by atoms with Gasteiger partial charge in [0, 0.05) is 16.6 Å². The molecule has 0 amide bonds. The molecule has 0 aliphatic heterocycles. The van der Waals surface area contributed by atoms with Crippen molar-refractivity contribution in [2.24, 2.45) is 5.92 Å². The lowest BCUT2D eigenvalue weighted by Gasteiger charge is -2.27. The van der Waals surface area contributed by atoms with Crippen LogP contribution in [-0.2, 0) is 4.79 Å². The van der Waals surface area contributed by atoms with E-state index in [1.807, 2.05) is 6.26 Å². The molecule has 3 unspecified atom stereocenters. The first kappa shape index (κ1) is 11.3. The van der Waals surface area contributed by atoms with E-state index in [9.17, 15) is 14.9 Å². The number of hydrogen-bond donors (Lipinski definition) is 1. The van der Waals surface area contributed by atoms with E-state index in [2.05, 4.69) is 0 Å². The highest BCUT2D eigenvalue weighted by Crippen LogP contribution is 2.32. The molecule has 1 aliphatic carbocycles.